The fraction of sp³-hybridized carbons (Fsp3) is 0.0667. The lowest BCUT2D eigenvalue weighted by atomic mass is 10.2. The van der Waals surface area contributed by atoms with Gasteiger partial charge in [0.1, 0.15) is 5.75 Å². The van der Waals surface area contributed by atoms with Crippen LogP contribution in [0.3, 0.4) is 0 Å². The summed E-state index contributed by atoms with van der Waals surface area (Å²) in [4.78, 5) is 4.33. The van der Waals surface area contributed by atoms with Crippen molar-refractivity contribution in [3.63, 3.8) is 0 Å². The van der Waals surface area contributed by atoms with Crippen molar-refractivity contribution in [3.05, 3.63) is 46.4 Å². The van der Waals surface area contributed by atoms with Crippen LogP contribution in [0.5, 0.6) is 5.75 Å². The lowest BCUT2D eigenvalue weighted by molar-refractivity contribution is 0.414. The Labute approximate surface area is 129 Å². The van der Waals surface area contributed by atoms with Crippen molar-refractivity contribution in [1.29, 1.82) is 5.26 Å². The number of halogens is 1. The van der Waals surface area contributed by atoms with Crippen LogP contribution < -0.4 is 10.5 Å². The van der Waals surface area contributed by atoms with E-state index in [2.05, 4.69) is 27.0 Å². The van der Waals surface area contributed by atoms with Crippen LogP contribution in [0.15, 0.2) is 40.9 Å². The molecule has 0 aliphatic heterocycles. The molecule has 0 radical (unpaired) electrons. The summed E-state index contributed by atoms with van der Waals surface area (Å²) in [6.45, 7) is 0. The van der Waals surface area contributed by atoms with Gasteiger partial charge < -0.3 is 10.5 Å². The molecular formula is C15H11BrN4O. The number of fused-ring (bicyclic) bond motifs is 1. The fourth-order valence-corrected chi connectivity index (χ4v) is 2.69. The molecule has 104 valence electrons. The summed E-state index contributed by atoms with van der Waals surface area (Å²) in [7, 11) is 1.61. The molecule has 3 rings (SSSR count). The normalized spacial score (nSPS) is 10.5. The predicted molar refractivity (Wildman–Crippen MR) is 84.4 cm³/mol. The van der Waals surface area contributed by atoms with Crippen LogP contribution in [0.4, 0.5) is 5.95 Å². The van der Waals surface area contributed by atoms with Gasteiger partial charge in [-0.25, -0.2) is 4.98 Å². The molecule has 1 heterocycles. The van der Waals surface area contributed by atoms with E-state index in [0.717, 1.165) is 21.2 Å². The van der Waals surface area contributed by atoms with Gasteiger partial charge in [0.25, 0.3) is 0 Å². The van der Waals surface area contributed by atoms with E-state index in [1.54, 1.807) is 29.9 Å². The number of hydrogen-bond acceptors (Lipinski definition) is 4. The van der Waals surface area contributed by atoms with Gasteiger partial charge in [0.05, 0.1) is 35.5 Å². The number of hydrogen-bond donors (Lipinski definition) is 1. The second-order valence-electron chi connectivity index (χ2n) is 4.47. The molecule has 21 heavy (non-hydrogen) atoms. The van der Waals surface area contributed by atoms with Gasteiger partial charge in [-0.2, -0.15) is 5.26 Å². The maximum atomic E-state index is 9.05. The summed E-state index contributed by atoms with van der Waals surface area (Å²) in [6.07, 6.45) is 0. The largest absolute Gasteiger partial charge is 0.497 e. The number of benzene rings is 2. The Morgan fingerprint density at radius 2 is 2.10 bits per heavy atom. The summed E-state index contributed by atoms with van der Waals surface area (Å²) < 4.78 is 7.94. The molecule has 2 aromatic carbocycles. The molecule has 0 atom stereocenters. The Morgan fingerprint density at radius 3 is 2.81 bits per heavy atom. The maximum absolute atomic E-state index is 9.05. The van der Waals surface area contributed by atoms with E-state index < -0.39 is 0 Å². The van der Waals surface area contributed by atoms with Crippen molar-refractivity contribution in [3.8, 4) is 17.5 Å². The lowest BCUT2D eigenvalue weighted by Gasteiger charge is -2.09. The molecule has 0 saturated heterocycles. The van der Waals surface area contributed by atoms with Crippen LogP contribution in [-0.4, -0.2) is 16.7 Å². The van der Waals surface area contributed by atoms with Crippen molar-refractivity contribution in [2.75, 3.05) is 12.8 Å². The molecule has 0 saturated carbocycles. The minimum atomic E-state index is 0.361. The molecule has 1 aromatic heterocycles. The Balaban J connectivity index is 2.31. The minimum Gasteiger partial charge on any atom is -0.497 e. The van der Waals surface area contributed by atoms with E-state index in [1.165, 1.54) is 0 Å². The van der Waals surface area contributed by atoms with Gasteiger partial charge in [-0.15, -0.1) is 0 Å². The monoisotopic (exact) mass is 342 g/mol. The van der Waals surface area contributed by atoms with Gasteiger partial charge in [-0.1, -0.05) is 15.9 Å². The van der Waals surface area contributed by atoms with Crippen LogP contribution >= 0.6 is 15.9 Å². The number of rotatable bonds is 2. The van der Waals surface area contributed by atoms with Crippen LogP contribution in [-0.2, 0) is 0 Å². The van der Waals surface area contributed by atoms with E-state index in [-0.39, 0.29) is 0 Å². The highest BCUT2D eigenvalue weighted by molar-refractivity contribution is 9.10. The highest BCUT2D eigenvalue weighted by Crippen LogP contribution is 2.29. The molecular weight excluding hydrogens is 332 g/mol. The molecule has 0 aliphatic rings. The minimum absolute atomic E-state index is 0.361. The Bertz CT molecular complexity index is 879. The molecule has 0 fully saturated rings. The van der Waals surface area contributed by atoms with Gasteiger partial charge in [0.15, 0.2) is 0 Å². The van der Waals surface area contributed by atoms with Crippen LogP contribution in [0, 0.1) is 11.3 Å². The third-order valence-electron chi connectivity index (χ3n) is 3.16. The standard InChI is InChI=1S/C15H11BrN4O/c1-21-12-6-10(16)5-11(7-12)20-14-4-9(8-17)2-3-13(14)19-15(20)18/h2-7H,1H3,(H2,18,19). The zero-order valence-corrected chi connectivity index (χ0v) is 12.8. The number of ether oxygens (including phenoxy) is 1. The van der Waals surface area contributed by atoms with Crippen molar-refractivity contribution in [2.24, 2.45) is 0 Å². The van der Waals surface area contributed by atoms with E-state index in [1.807, 2.05) is 18.2 Å². The van der Waals surface area contributed by atoms with Gasteiger partial charge in [-0.05, 0) is 30.3 Å². The average molecular weight is 343 g/mol. The zero-order chi connectivity index (χ0) is 15.0. The van der Waals surface area contributed by atoms with Gasteiger partial charge in [0, 0.05) is 10.5 Å². The number of nitrogen functional groups attached to an aromatic ring is 1. The Morgan fingerprint density at radius 1 is 1.29 bits per heavy atom. The Kier molecular flexibility index (Phi) is 3.28. The summed E-state index contributed by atoms with van der Waals surface area (Å²) in [6, 6.07) is 13.0. The summed E-state index contributed by atoms with van der Waals surface area (Å²) in [5.74, 6) is 1.07. The topological polar surface area (TPSA) is 76.9 Å². The first-order chi connectivity index (χ1) is 10.1. The molecule has 0 spiro atoms. The number of aromatic nitrogens is 2. The number of anilines is 1. The van der Waals surface area contributed by atoms with Crippen LogP contribution in [0.25, 0.3) is 16.7 Å². The number of imidazole rings is 1. The molecule has 5 nitrogen and oxygen atoms in total. The molecule has 2 N–H and O–H groups in total. The number of nitrogens with two attached hydrogens (primary N) is 1. The van der Waals surface area contributed by atoms with E-state index in [4.69, 9.17) is 15.7 Å². The van der Waals surface area contributed by atoms with Crippen LogP contribution in [0.1, 0.15) is 5.56 Å². The summed E-state index contributed by atoms with van der Waals surface area (Å²) in [5.41, 5.74) is 8.93. The van der Waals surface area contributed by atoms with Gasteiger partial charge >= 0.3 is 0 Å². The second kappa shape index (κ2) is 5.11. The zero-order valence-electron chi connectivity index (χ0n) is 11.2. The van der Waals surface area contributed by atoms with Gasteiger partial charge in [0.2, 0.25) is 5.95 Å². The Hall–Kier alpha value is -2.52. The quantitative estimate of drug-likeness (QED) is 0.775. The SMILES string of the molecule is COc1cc(Br)cc(-n2c(N)nc3ccc(C#N)cc32)c1. The lowest BCUT2D eigenvalue weighted by Crippen LogP contribution is -2.01. The highest BCUT2D eigenvalue weighted by atomic mass is 79.9. The molecule has 0 bridgehead atoms. The number of methoxy groups -OCH3 is 1. The first-order valence-electron chi connectivity index (χ1n) is 6.15. The van der Waals surface area contributed by atoms with Crippen molar-refractivity contribution in [2.45, 2.75) is 0 Å². The second-order valence-corrected chi connectivity index (χ2v) is 5.39. The van der Waals surface area contributed by atoms with E-state index in [9.17, 15) is 0 Å². The summed E-state index contributed by atoms with van der Waals surface area (Å²) >= 11 is 3.45. The fourth-order valence-electron chi connectivity index (χ4n) is 2.23. The molecule has 0 amide bonds. The third kappa shape index (κ3) is 2.32. The first kappa shape index (κ1) is 13.5. The van der Waals surface area contributed by atoms with Crippen LogP contribution in [0.2, 0.25) is 0 Å². The smallest absolute Gasteiger partial charge is 0.205 e. The van der Waals surface area contributed by atoms with Crippen molar-refractivity contribution in [1.82, 2.24) is 9.55 Å². The molecule has 3 aromatic rings. The van der Waals surface area contributed by atoms with E-state index in [0.29, 0.717) is 17.3 Å². The molecule has 0 unspecified atom stereocenters. The molecule has 0 aliphatic carbocycles. The third-order valence-corrected chi connectivity index (χ3v) is 3.62. The van der Waals surface area contributed by atoms with Crippen molar-refractivity contribution >= 4 is 32.9 Å². The predicted octanol–water partition coefficient (Wildman–Crippen LogP) is 3.25. The summed E-state index contributed by atoms with van der Waals surface area (Å²) in [5, 5.41) is 9.05. The molecule has 6 heteroatoms. The average Bonchev–Trinajstić information content (AvgIpc) is 2.81. The first-order valence-corrected chi connectivity index (χ1v) is 6.94. The number of nitrogens with zero attached hydrogens (tertiary/aromatic N) is 3. The number of nitriles is 1. The van der Waals surface area contributed by atoms with Gasteiger partial charge in [-0.3, -0.25) is 4.57 Å². The van der Waals surface area contributed by atoms with Crippen molar-refractivity contribution < 1.29 is 4.74 Å². The maximum Gasteiger partial charge on any atom is 0.205 e. The van der Waals surface area contributed by atoms with E-state index >= 15 is 0 Å². The highest BCUT2D eigenvalue weighted by Gasteiger charge is 2.12.